The molecule has 0 atom stereocenters. The smallest absolute Gasteiger partial charge is 0.106 e. The van der Waals surface area contributed by atoms with Crippen LogP contribution in [0.1, 0.15) is 28.2 Å². The molecule has 0 fully saturated rings. The van der Waals surface area contributed by atoms with Gasteiger partial charge in [0.25, 0.3) is 0 Å². The van der Waals surface area contributed by atoms with E-state index in [-0.39, 0.29) is 0 Å². The lowest BCUT2D eigenvalue weighted by molar-refractivity contribution is 0.789. The van der Waals surface area contributed by atoms with E-state index in [0.29, 0.717) is 6.54 Å². The van der Waals surface area contributed by atoms with Gasteiger partial charge in [-0.05, 0) is 44.4 Å². The second-order valence-corrected chi connectivity index (χ2v) is 4.90. The van der Waals surface area contributed by atoms with E-state index in [9.17, 15) is 0 Å². The van der Waals surface area contributed by atoms with Crippen molar-refractivity contribution in [2.45, 2.75) is 34.2 Å². The van der Waals surface area contributed by atoms with Gasteiger partial charge in [0.1, 0.15) is 5.82 Å². The van der Waals surface area contributed by atoms with Gasteiger partial charge in [0.05, 0.1) is 11.4 Å². The third-order valence-corrected chi connectivity index (χ3v) is 3.94. The third kappa shape index (κ3) is 1.85. The van der Waals surface area contributed by atoms with Crippen LogP contribution >= 0.6 is 0 Å². The van der Waals surface area contributed by atoms with Crippen LogP contribution < -0.4 is 5.73 Å². The number of nitrogens with two attached hydrogens (primary N) is 1. The van der Waals surface area contributed by atoms with Crippen molar-refractivity contribution in [1.29, 1.82) is 0 Å². The lowest BCUT2D eigenvalue weighted by Crippen LogP contribution is -2.06. The quantitative estimate of drug-likeness (QED) is 0.881. The SMILES string of the molecule is Cc1ccc(-c2nc(C)n(C)c2CN)c(C)c1C. The molecule has 0 saturated heterocycles. The molecule has 0 aliphatic carbocycles. The zero-order chi connectivity index (χ0) is 13.4. The third-order valence-electron chi connectivity index (χ3n) is 3.94. The first-order valence-electron chi connectivity index (χ1n) is 6.26. The molecule has 18 heavy (non-hydrogen) atoms. The summed E-state index contributed by atoms with van der Waals surface area (Å²) >= 11 is 0. The summed E-state index contributed by atoms with van der Waals surface area (Å²) in [4.78, 5) is 4.67. The van der Waals surface area contributed by atoms with E-state index in [1.807, 2.05) is 14.0 Å². The van der Waals surface area contributed by atoms with Gasteiger partial charge in [-0.15, -0.1) is 0 Å². The summed E-state index contributed by atoms with van der Waals surface area (Å²) in [5, 5.41) is 0. The molecule has 0 radical (unpaired) electrons. The fraction of sp³-hybridized carbons (Fsp3) is 0.400. The molecule has 0 aliphatic rings. The van der Waals surface area contributed by atoms with E-state index < -0.39 is 0 Å². The maximum atomic E-state index is 5.86. The minimum absolute atomic E-state index is 0.513. The Labute approximate surface area is 109 Å². The van der Waals surface area contributed by atoms with Crippen LogP contribution in [0.2, 0.25) is 0 Å². The predicted molar refractivity (Wildman–Crippen MR) is 75.5 cm³/mol. The van der Waals surface area contributed by atoms with Crippen molar-refractivity contribution in [2.24, 2.45) is 12.8 Å². The molecule has 1 aromatic heterocycles. The number of rotatable bonds is 2. The summed E-state index contributed by atoms with van der Waals surface area (Å²) in [6.07, 6.45) is 0. The Hall–Kier alpha value is -1.61. The predicted octanol–water partition coefficient (Wildman–Crippen LogP) is 2.78. The van der Waals surface area contributed by atoms with Gasteiger partial charge in [0.15, 0.2) is 0 Å². The number of hydrogen-bond donors (Lipinski definition) is 1. The van der Waals surface area contributed by atoms with Crippen LogP contribution in [0.15, 0.2) is 12.1 Å². The van der Waals surface area contributed by atoms with E-state index in [1.54, 1.807) is 0 Å². The van der Waals surface area contributed by atoms with Crippen LogP contribution in [0.25, 0.3) is 11.3 Å². The van der Waals surface area contributed by atoms with E-state index in [2.05, 4.69) is 42.5 Å². The van der Waals surface area contributed by atoms with Crippen molar-refractivity contribution in [3.63, 3.8) is 0 Å². The van der Waals surface area contributed by atoms with Gasteiger partial charge in [0, 0.05) is 19.2 Å². The molecule has 3 heteroatoms. The lowest BCUT2D eigenvalue weighted by Gasteiger charge is -2.11. The molecule has 1 heterocycles. The van der Waals surface area contributed by atoms with Crippen LogP contribution in [-0.4, -0.2) is 9.55 Å². The minimum Gasteiger partial charge on any atom is -0.334 e. The molecule has 2 N–H and O–H groups in total. The maximum Gasteiger partial charge on any atom is 0.106 e. The highest BCUT2D eigenvalue weighted by Gasteiger charge is 2.15. The second-order valence-electron chi connectivity index (χ2n) is 4.90. The number of aryl methyl sites for hydroxylation is 2. The Bertz CT molecular complexity index is 594. The van der Waals surface area contributed by atoms with Gasteiger partial charge in [0.2, 0.25) is 0 Å². The fourth-order valence-corrected chi connectivity index (χ4v) is 2.32. The van der Waals surface area contributed by atoms with Crippen molar-refractivity contribution in [2.75, 3.05) is 0 Å². The standard InChI is InChI=1S/C15H21N3/c1-9-6-7-13(11(3)10(9)2)15-14(8-16)18(5)12(4)17-15/h6-7H,8,16H2,1-5H3. The largest absolute Gasteiger partial charge is 0.334 e. The van der Waals surface area contributed by atoms with Gasteiger partial charge in [-0.1, -0.05) is 12.1 Å². The van der Waals surface area contributed by atoms with E-state index in [1.165, 1.54) is 22.3 Å². The van der Waals surface area contributed by atoms with E-state index in [4.69, 9.17) is 5.73 Å². The molecule has 0 amide bonds. The molecule has 0 aliphatic heterocycles. The van der Waals surface area contributed by atoms with Crippen molar-refractivity contribution in [1.82, 2.24) is 9.55 Å². The molecule has 0 spiro atoms. The number of benzene rings is 1. The molecule has 2 rings (SSSR count). The summed E-state index contributed by atoms with van der Waals surface area (Å²) in [7, 11) is 2.02. The summed E-state index contributed by atoms with van der Waals surface area (Å²) in [6.45, 7) is 8.98. The zero-order valence-electron chi connectivity index (χ0n) is 11.8. The van der Waals surface area contributed by atoms with Gasteiger partial charge in [-0.3, -0.25) is 0 Å². The normalized spacial score (nSPS) is 11.0. The average molecular weight is 243 g/mol. The van der Waals surface area contributed by atoms with E-state index >= 15 is 0 Å². The summed E-state index contributed by atoms with van der Waals surface area (Å²) < 4.78 is 2.07. The number of imidazole rings is 1. The highest BCUT2D eigenvalue weighted by Crippen LogP contribution is 2.29. The Kier molecular flexibility index (Phi) is 3.26. The Morgan fingerprint density at radius 1 is 1.11 bits per heavy atom. The molecule has 2 aromatic rings. The molecule has 0 unspecified atom stereocenters. The highest BCUT2D eigenvalue weighted by atomic mass is 15.1. The Morgan fingerprint density at radius 2 is 1.78 bits per heavy atom. The molecular formula is C15H21N3. The van der Waals surface area contributed by atoms with Crippen molar-refractivity contribution in [3.8, 4) is 11.3 Å². The minimum atomic E-state index is 0.513. The average Bonchev–Trinajstić information content (AvgIpc) is 2.62. The lowest BCUT2D eigenvalue weighted by atomic mass is 9.96. The van der Waals surface area contributed by atoms with Crippen LogP contribution in [0.4, 0.5) is 0 Å². The van der Waals surface area contributed by atoms with Gasteiger partial charge < -0.3 is 10.3 Å². The first-order valence-corrected chi connectivity index (χ1v) is 6.26. The van der Waals surface area contributed by atoms with Crippen molar-refractivity contribution >= 4 is 0 Å². The fourth-order valence-electron chi connectivity index (χ4n) is 2.32. The second kappa shape index (κ2) is 4.58. The molecule has 1 aromatic carbocycles. The molecule has 3 nitrogen and oxygen atoms in total. The monoisotopic (exact) mass is 243 g/mol. The summed E-state index contributed by atoms with van der Waals surface area (Å²) in [5.41, 5.74) is 13.1. The van der Waals surface area contributed by atoms with Gasteiger partial charge in [-0.2, -0.15) is 0 Å². The van der Waals surface area contributed by atoms with Crippen molar-refractivity contribution in [3.05, 3.63) is 40.3 Å². The van der Waals surface area contributed by atoms with Gasteiger partial charge in [-0.25, -0.2) is 4.98 Å². The Balaban J connectivity index is 2.70. The number of hydrogen-bond acceptors (Lipinski definition) is 2. The number of aromatic nitrogens is 2. The maximum absolute atomic E-state index is 5.86. The number of nitrogens with zero attached hydrogens (tertiary/aromatic N) is 2. The molecule has 0 bridgehead atoms. The molecular weight excluding hydrogens is 222 g/mol. The summed E-state index contributed by atoms with van der Waals surface area (Å²) in [5.74, 6) is 1.00. The Morgan fingerprint density at radius 3 is 2.39 bits per heavy atom. The first-order chi connectivity index (χ1) is 8.47. The zero-order valence-corrected chi connectivity index (χ0v) is 11.8. The molecule has 96 valence electrons. The van der Waals surface area contributed by atoms with Crippen LogP contribution in [0, 0.1) is 27.7 Å². The van der Waals surface area contributed by atoms with Crippen LogP contribution in [0.3, 0.4) is 0 Å². The highest BCUT2D eigenvalue weighted by molar-refractivity contribution is 5.68. The van der Waals surface area contributed by atoms with E-state index in [0.717, 1.165) is 17.2 Å². The van der Waals surface area contributed by atoms with Gasteiger partial charge >= 0.3 is 0 Å². The van der Waals surface area contributed by atoms with Crippen LogP contribution in [0.5, 0.6) is 0 Å². The van der Waals surface area contributed by atoms with Crippen LogP contribution in [-0.2, 0) is 13.6 Å². The topological polar surface area (TPSA) is 43.8 Å². The van der Waals surface area contributed by atoms with Crippen molar-refractivity contribution < 1.29 is 0 Å². The summed E-state index contributed by atoms with van der Waals surface area (Å²) in [6, 6.07) is 4.31. The first kappa shape index (κ1) is 12.8. The molecule has 0 saturated carbocycles.